The summed E-state index contributed by atoms with van der Waals surface area (Å²) < 4.78 is 0.618. The fraction of sp³-hybridized carbons (Fsp3) is 0.261. The SMILES string of the molecule is CC(C)C[C@H](C(=O)Nc1nnc(SCc2c(Cl)cccc2Cl)s1)N1C(=O)c2ccccc2C1=O. The number of hydrogen-bond donors (Lipinski definition) is 1. The summed E-state index contributed by atoms with van der Waals surface area (Å²) in [5, 5.41) is 12.3. The van der Waals surface area contributed by atoms with Gasteiger partial charge in [0.25, 0.3) is 11.8 Å². The highest BCUT2D eigenvalue weighted by molar-refractivity contribution is 8.00. The van der Waals surface area contributed by atoms with E-state index in [-0.39, 0.29) is 11.0 Å². The first-order valence-electron chi connectivity index (χ1n) is 10.4. The number of aromatic nitrogens is 2. The molecule has 1 atom stereocenters. The summed E-state index contributed by atoms with van der Waals surface area (Å²) >= 11 is 15.0. The van der Waals surface area contributed by atoms with Gasteiger partial charge in [-0.1, -0.05) is 78.3 Å². The number of anilines is 1. The van der Waals surface area contributed by atoms with Crippen LogP contribution in [-0.2, 0) is 10.5 Å². The second kappa shape index (κ2) is 10.4. The number of nitrogens with one attached hydrogen (secondary N) is 1. The number of rotatable bonds is 8. The number of nitrogens with zero attached hydrogens (tertiary/aromatic N) is 3. The van der Waals surface area contributed by atoms with Gasteiger partial charge < -0.3 is 0 Å². The first-order valence-corrected chi connectivity index (χ1v) is 13.0. The summed E-state index contributed by atoms with van der Waals surface area (Å²) in [4.78, 5) is 40.1. The Labute approximate surface area is 214 Å². The molecule has 1 aliphatic rings. The Hall–Kier alpha value is -2.46. The number of imide groups is 1. The number of thioether (sulfide) groups is 1. The predicted molar refractivity (Wildman–Crippen MR) is 135 cm³/mol. The summed E-state index contributed by atoms with van der Waals surface area (Å²) in [5.74, 6) is -0.851. The lowest BCUT2D eigenvalue weighted by Gasteiger charge is -2.26. The molecule has 7 nitrogen and oxygen atoms in total. The first-order chi connectivity index (χ1) is 16.3. The van der Waals surface area contributed by atoms with Gasteiger partial charge in [0.15, 0.2) is 4.34 Å². The molecule has 0 bridgehead atoms. The van der Waals surface area contributed by atoms with Crippen LogP contribution in [-0.4, -0.2) is 38.9 Å². The van der Waals surface area contributed by atoms with Crippen molar-refractivity contribution < 1.29 is 14.4 Å². The van der Waals surface area contributed by atoms with Gasteiger partial charge in [0.2, 0.25) is 11.0 Å². The summed E-state index contributed by atoms with van der Waals surface area (Å²) in [6.45, 7) is 3.86. The topological polar surface area (TPSA) is 92.3 Å². The molecule has 2 heterocycles. The third kappa shape index (κ3) is 5.12. The van der Waals surface area contributed by atoms with Gasteiger partial charge in [0, 0.05) is 15.8 Å². The smallest absolute Gasteiger partial charge is 0.262 e. The predicted octanol–water partition coefficient (Wildman–Crippen LogP) is 5.79. The lowest BCUT2D eigenvalue weighted by Crippen LogP contribution is -2.47. The van der Waals surface area contributed by atoms with Crippen molar-refractivity contribution >= 4 is 69.2 Å². The molecular weight excluding hydrogens is 515 g/mol. The van der Waals surface area contributed by atoms with Gasteiger partial charge in [0.05, 0.1) is 11.1 Å². The average molecular weight is 535 g/mol. The Morgan fingerprint density at radius 3 is 2.24 bits per heavy atom. The fourth-order valence-corrected chi connectivity index (χ4v) is 6.08. The molecule has 4 rings (SSSR count). The normalized spacial score (nSPS) is 14.0. The minimum absolute atomic E-state index is 0.0703. The van der Waals surface area contributed by atoms with E-state index in [1.54, 1.807) is 42.5 Å². The highest BCUT2D eigenvalue weighted by Gasteiger charge is 2.43. The van der Waals surface area contributed by atoms with E-state index in [4.69, 9.17) is 23.2 Å². The molecular formula is C23H20Cl2N4O3S2. The molecule has 0 spiro atoms. The molecule has 176 valence electrons. The second-order valence-corrected chi connectivity index (χ2v) is 11.0. The Balaban J connectivity index is 1.48. The van der Waals surface area contributed by atoms with E-state index in [1.807, 2.05) is 13.8 Å². The maximum Gasteiger partial charge on any atom is 0.262 e. The largest absolute Gasteiger partial charge is 0.299 e. The molecule has 3 aromatic rings. The zero-order chi connectivity index (χ0) is 24.4. The standard InChI is InChI=1S/C23H20Cl2N4O3S2/c1-12(2)10-18(29-20(31)13-6-3-4-7-14(13)21(29)32)19(30)26-22-27-28-23(34-22)33-11-15-16(24)8-5-9-17(15)25/h3-9,12,18H,10-11H2,1-2H3,(H,26,27,30)/t18-/m1/s1. The minimum Gasteiger partial charge on any atom is -0.299 e. The van der Waals surface area contributed by atoms with Crippen LogP contribution in [0.2, 0.25) is 10.0 Å². The molecule has 0 radical (unpaired) electrons. The van der Waals surface area contributed by atoms with Crippen molar-refractivity contribution in [2.24, 2.45) is 5.92 Å². The van der Waals surface area contributed by atoms with Crippen LogP contribution in [0.25, 0.3) is 0 Å². The highest BCUT2D eigenvalue weighted by Crippen LogP contribution is 2.34. The van der Waals surface area contributed by atoms with E-state index in [0.29, 0.717) is 37.7 Å². The van der Waals surface area contributed by atoms with Crippen LogP contribution in [0.3, 0.4) is 0 Å². The lowest BCUT2D eigenvalue weighted by atomic mass is 10.0. The highest BCUT2D eigenvalue weighted by atomic mass is 35.5. The maximum atomic E-state index is 13.2. The molecule has 3 amide bonds. The van der Waals surface area contributed by atoms with Crippen molar-refractivity contribution in [2.75, 3.05) is 5.32 Å². The van der Waals surface area contributed by atoms with Gasteiger partial charge >= 0.3 is 0 Å². The number of amides is 3. The molecule has 0 saturated heterocycles. The monoisotopic (exact) mass is 534 g/mol. The van der Waals surface area contributed by atoms with Gasteiger partial charge in [0.1, 0.15) is 6.04 Å². The summed E-state index contributed by atoms with van der Waals surface area (Å²) in [6, 6.07) is 10.9. The summed E-state index contributed by atoms with van der Waals surface area (Å²) in [5.41, 5.74) is 1.41. The van der Waals surface area contributed by atoms with Crippen molar-refractivity contribution in [1.82, 2.24) is 15.1 Å². The molecule has 34 heavy (non-hydrogen) atoms. The molecule has 0 aliphatic carbocycles. The number of fused-ring (bicyclic) bond motifs is 1. The van der Waals surface area contributed by atoms with Crippen LogP contribution in [0.15, 0.2) is 46.8 Å². The number of halogens is 2. The molecule has 11 heteroatoms. The van der Waals surface area contributed by atoms with E-state index < -0.39 is 23.8 Å². The van der Waals surface area contributed by atoms with Crippen LogP contribution < -0.4 is 5.32 Å². The molecule has 0 unspecified atom stereocenters. The number of carbonyl (C=O) groups is 3. The van der Waals surface area contributed by atoms with Crippen LogP contribution in [0, 0.1) is 5.92 Å². The van der Waals surface area contributed by atoms with E-state index in [0.717, 1.165) is 10.5 Å². The van der Waals surface area contributed by atoms with Gasteiger partial charge in [-0.05, 0) is 42.2 Å². The average Bonchev–Trinajstić information content (AvgIpc) is 3.34. The molecule has 1 aromatic heterocycles. The Morgan fingerprint density at radius 2 is 1.65 bits per heavy atom. The molecule has 2 aromatic carbocycles. The summed E-state index contributed by atoms with van der Waals surface area (Å²) in [6.07, 6.45) is 0.322. The van der Waals surface area contributed by atoms with Crippen LogP contribution in [0.5, 0.6) is 0 Å². The van der Waals surface area contributed by atoms with E-state index >= 15 is 0 Å². The quantitative estimate of drug-likeness (QED) is 0.223. The number of benzene rings is 2. The molecule has 0 fully saturated rings. The number of carbonyl (C=O) groups excluding carboxylic acids is 3. The van der Waals surface area contributed by atoms with Gasteiger partial charge in [-0.15, -0.1) is 10.2 Å². The Kier molecular flexibility index (Phi) is 7.57. The molecule has 1 aliphatic heterocycles. The maximum absolute atomic E-state index is 13.2. The molecule has 0 saturated carbocycles. The van der Waals surface area contributed by atoms with Crippen molar-refractivity contribution in [3.63, 3.8) is 0 Å². The van der Waals surface area contributed by atoms with Gasteiger partial charge in [-0.2, -0.15) is 0 Å². The Bertz CT molecular complexity index is 1210. The Morgan fingerprint density at radius 1 is 1.03 bits per heavy atom. The fourth-order valence-electron chi connectivity index (χ4n) is 3.58. The second-order valence-electron chi connectivity index (χ2n) is 8.02. The van der Waals surface area contributed by atoms with Crippen LogP contribution >= 0.6 is 46.3 Å². The van der Waals surface area contributed by atoms with Crippen LogP contribution in [0.1, 0.15) is 46.5 Å². The van der Waals surface area contributed by atoms with E-state index in [2.05, 4.69) is 15.5 Å². The number of hydrogen-bond acceptors (Lipinski definition) is 7. The van der Waals surface area contributed by atoms with Gasteiger partial charge in [-0.25, -0.2) is 0 Å². The van der Waals surface area contributed by atoms with Crippen molar-refractivity contribution in [2.45, 2.75) is 36.4 Å². The third-order valence-electron chi connectivity index (χ3n) is 5.17. The van der Waals surface area contributed by atoms with Crippen molar-refractivity contribution in [1.29, 1.82) is 0 Å². The minimum atomic E-state index is -0.964. The molecule has 1 N–H and O–H groups in total. The zero-order valence-electron chi connectivity index (χ0n) is 18.2. The van der Waals surface area contributed by atoms with Crippen molar-refractivity contribution in [3.8, 4) is 0 Å². The van der Waals surface area contributed by atoms with E-state index in [1.165, 1.54) is 23.1 Å². The third-order valence-corrected chi connectivity index (χ3v) is 7.88. The van der Waals surface area contributed by atoms with Gasteiger partial charge in [-0.3, -0.25) is 24.6 Å². The first kappa shape index (κ1) is 24.7. The summed E-state index contributed by atoms with van der Waals surface area (Å²) in [7, 11) is 0. The van der Waals surface area contributed by atoms with Crippen LogP contribution in [0.4, 0.5) is 5.13 Å². The van der Waals surface area contributed by atoms with Crippen molar-refractivity contribution in [3.05, 3.63) is 69.2 Å². The lowest BCUT2D eigenvalue weighted by molar-refractivity contribution is -0.120. The zero-order valence-corrected chi connectivity index (χ0v) is 21.4. The van der Waals surface area contributed by atoms with E-state index in [9.17, 15) is 14.4 Å².